The zero-order valence-corrected chi connectivity index (χ0v) is 8.90. The fraction of sp³-hybridized carbons (Fsp3) is 0. The third kappa shape index (κ3) is 471. The standard InChI is InChI=1S/Ca.2H3O4P/c;2*1-5(2,3)4/h;2*(H3,1,2,3,4)/q+2;;/p-5. The second-order valence-corrected chi connectivity index (χ2v) is 2.75. The molecule has 0 fully saturated rings. The maximum absolute atomic E-state index is 8.66. The Labute approximate surface area is 91.4 Å². The quantitative estimate of drug-likeness (QED) is 0.318. The Balaban J connectivity index is -0.000000107. The molecule has 0 aliphatic carbocycles. The molecular formula is HCaO8P2-3. The van der Waals surface area contributed by atoms with Crippen LogP contribution in [0.2, 0.25) is 0 Å². The first-order valence-electron chi connectivity index (χ1n) is 1.48. The molecule has 0 rings (SSSR count). The summed E-state index contributed by atoms with van der Waals surface area (Å²) in [5, 5.41) is 0. The fourth-order valence-corrected chi connectivity index (χ4v) is 0. The van der Waals surface area contributed by atoms with Gasteiger partial charge in [0.25, 0.3) is 0 Å². The number of phosphoric acid groups is 2. The summed E-state index contributed by atoms with van der Waals surface area (Å²) < 4.78 is 17.2. The van der Waals surface area contributed by atoms with Crippen LogP contribution >= 0.6 is 15.6 Å². The van der Waals surface area contributed by atoms with Crippen molar-refractivity contribution >= 4 is 53.4 Å². The van der Waals surface area contributed by atoms with Gasteiger partial charge < -0.3 is 38.5 Å². The Bertz CT molecular complexity index is 124. The summed E-state index contributed by atoms with van der Waals surface area (Å²) in [6.45, 7) is 0. The van der Waals surface area contributed by atoms with E-state index in [0.29, 0.717) is 0 Å². The molecule has 64 valence electrons. The van der Waals surface area contributed by atoms with Crippen molar-refractivity contribution in [1.29, 1.82) is 0 Å². The van der Waals surface area contributed by atoms with Gasteiger partial charge in [0.2, 0.25) is 0 Å². The zero-order valence-electron chi connectivity index (χ0n) is 4.91. The molecule has 1 N–H and O–H groups in total. The van der Waals surface area contributed by atoms with Crippen molar-refractivity contribution < 1.29 is 38.5 Å². The molecule has 0 aromatic rings. The molecule has 0 aromatic heterocycles. The van der Waals surface area contributed by atoms with Crippen molar-refractivity contribution in [1.82, 2.24) is 0 Å². The second kappa shape index (κ2) is 6.94. The minimum Gasteiger partial charge on any atom is -0.822 e. The number of hydrogen-bond donors (Lipinski definition) is 1. The van der Waals surface area contributed by atoms with Crippen LogP contribution in [0.1, 0.15) is 0 Å². The van der Waals surface area contributed by atoms with Crippen molar-refractivity contribution in [3.8, 4) is 0 Å². The Morgan fingerprint density at radius 1 is 0.909 bits per heavy atom. The molecular weight excluding hydrogens is 230 g/mol. The minimum absolute atomic E-state index is 0. The smallest absolute Gasteiger partial charge is 0.822 e. The van der Waals surface area contributed by atoms with Gasteiger partial charge in [0.05, 0.1) is 7.82 Å². The van der Waals surface area contributed by atoms with E-state index >= 15 is 0 Å². The summed E-state index contributed by atoms with van der Waals surface area (Å²) in [6, 6.07) is 0. The molecule has 0 spiro atoms. The molecule has 0 heterocycles. The van der Waals surface area contributed by atoms with E-state index in [0.717, 1.165) is 0 Å². The van der Waals surface area contributed by atoms with Crippen LogP contribution in [-0.2, 0) is 9.13 Å². The van der Waals surface area contributed by atoms with Crippen LogP contribution in [0.4, 0.5) is 0 Å². The van der Waals surface area contributed by atoms with Gasteiger partial charge >= 0.3 is 37.7 Å². The molecule has 0 saturated carbocycles. The van der Waals surface area contributed by atoms with Gasteiger partial charge in [0, 0.05) is 0 Å². The van der Waals surface area contributed by atoms with E-state index in [1.54, 1.807) is 0 Å². The molecule has 11 heavy (non-hydrogen) atoms. The second-order valence-electron chi connectivity index (χ2n) is 0.916. The first-order chi connectivity index (χ1) is 4.00. The van der Waals surface area contributed by atoms with Crippen molar-refractivity contribution in [3.63, 3.8) is 0 Å². The maximum atomic E-state index is 8.66. The van der Waals surface area contributed by atoms with Gasteiger partial charge in [-0.3, -0.25) is 0 Å². The Hall–Kier alpha value is 1.48. The average molecular weight is 231 g/mol. The van der Waals surface area contributed by atoms with Crippen LogP contribution < -0.4 is 24.5 Å². The van der Waals surface area contributed by atoms with E-state index in [1.165, 1.54) is 0 Å². The van der Waals surface area contributed by atoms with Gasteiger partial charge in [0.1, 0.15) is 0 Å². The SMILES string of the molecule is O=P([O-])([O-])O.O=P([O-])([O-])[O-].[Ca+2]. The van der Waals surface area contributed by atoms with E-state index in [4.69, 9.17) is 38.5 Å². The van der Waals surface area contributed by atoms with E-state index < -0.39 is 15.6 Å². The van der Waals surface area contributed by atoms with E-state index in [-0.39, 0.29) is 37.7 Å². The van der Waals surface area contributed by atoms with Crippen LogP contribution in [0.25, 0.3) is 0 Å². The Kier molecular flexibility index (Phi) is 11.5. The van der Waals surface area contributed by atoms with Crippen molar-refractivity contribution in [3.05, 3.63) is 0 Å². The molecule has 0 saturated heterocycles. The van der Waals surface area contributed by atoms with Crippen LogP contribution in [-0.4, -0.2) is 42.6 Å². The van der Waals surface area contributed by atoms with Gasteiger partial charge in [-0.2, -0.15) is 7.82 Å². The van der Waals surface area contributed by atoms with Crippen molar-refractivity contribution in [2.75, 3.05) is 0 Å². The van der Waals surface area contributed by atoms with Crippen LogP contribution in [0.3, 0.4) is 0 Å². The van der Waals surface area contributed by atoms with E-state index in [2.05, 4.69) is 0 Å². The summed E-state index contributed by atoms with van der Waals surface area (Å²) in [5.74, 6) is 0. The minimum atomic E-state index is -5.39. The molecule has 0 aliphatic heterocycles. The summed E-state index contributed by atoms with van der Waals surface area (Å²) in [4.78, 5) is 49.9. The molecule has 8 nitrogen and oxygen atoms in total. The molecule has 0 atom stereocenters. The third-order valence-corrected chi connectivity index (χ3v) is 0. The van der Waals surface area contributed by atoms with Gasteiger partial charge in [-0.1, -0.05) is 0 Å². The van der Waals surface area contributed by atoms with Crippen molar-refractivity contribution in [2.45, 2.75) is 0 Å². The van der Waals surface area contributed by atoms with Crippen LogP contribution in [0.5, 0.6) is 0 Å². The molecule has 0 radical (unpaired) electrons. The zero-order chi connectivity index (χ0) is 9.00. The molecule has 0 aliphatic rings. The summed E-state index contributed by atoms with van der Waals surface area (Å²) in [6.07, 6.45) is 0. The van der Waals surface area contributed by atoms with Crippen LogP contribution in [0, 0.1) is 0 Å². The number of rotatable bonds is 0. The average Bonchev–Trinajstić information content (AvgIpc) is 1.12. The van der Waals surface area contributed by atoms with Gasteiger partial charge in [-0.15, -0.1) is 0 Å². The largest absolute Gasteiger partial charge is 2.00 e. The van der Waals surface area contributed by atoms with Crippen molar-refractivity contribution in [2.24, 2.45) is 0 Å². The first-order valence-corrected chi connectivity index (χ1v) is 4.43. The van der Waals surface area contributed by atoms with Gasteiger partial charge in [-0.25, -0.2) is 0 Å². The summed E-state index contributed by atoms with van der Waals surface area (Å²) in [5.41, 5.74) is 0. The Morgan fingerprint density at radius 3 is 0.909 bits per heavy atom. The van der Waals surface area contributed by atoms with Gasteiger partial charge in [-0.05, 0) is 0 Å². The van der Waals surface area contributed by atoms with Crippen LogP contribution in [0.15, 0.2) is 0 Å². The molecule has 0 aromatic carbocycles. The predicted molar refractivity (Wildman–Crippen MR) is 23.2 cm³/mol. The summed E-state index contributed by atoms with van der Waals surface area (Å²) in [7, 11) is -10.5. The van der Waals surface area contributed by atoms with E-state index in [9.17, 15) is 0 Å². The van der Waals surface area contributed by atoms with E-state index in [1.807, 2.05) is 0 Å². The number of hydrogen-bond acceptors (Lipinski definition) is 7. The summed E-state index contributed by atoms with van der Waals surface area (Å²) >= 11 is 0. The molecule has 0 unspecified atom stereocenters. The predicted octanol–water partition coefficient (Wildman–Crippen LogP) is -5.40. The van der Waals surface area contributed by atoms with Gasteiger partial charge in [0.15, 0.2) is 0 Å². The molecule has 0 amide bonds. The third-order valence-electron chi connectivity index (χ3n) is 0. The fourth-order valence-electron chi connectivity index (χ4n) is 0. The molecule has 11 heteroatoms. The topological polar surface area (TPSA) is 170 Å². The normalized spacial score (nSPS) is 10.7. The molecule has 0 bridgehead atoms. The maximum Gasteiger partial charge on any atom is 2.00 e. The Morgan fingerprint density at radius 2 is 0.909 bits per heavy atom. The first kappa shape index (κ1) is 18.3. The monoisotopic (exact) mass is 231 g/mol.